The number of halogens is 3. The highest BCUT2D eigenvalue weighted by atomic mass is 79.9. The molecule has 0 heterocycles. The molecule has 9 nitrogen and oxygen atoms in total. The van der Waals surface area contributed by atoms with Crippen molar-refractivity contribution in [1.29, 1.82) is 0 Å². The third-order valence-corrected chi connectivity index (χ3v) is 6.32. The van der Waals surface area contributed by atoms with Crippen molar-refractivity contribution in [1.82, 2.24) is 5.43 Å². The first kappa shape index (κ1) is 28.4. The number of nitrogens with zero attached hydrogens (tertiary/aromatic N) is 1. The fourth-order valence-corrected chi connectivity index (χ4v) is 5.54. The van der Waals surface area contributed by atoms with E-state index in [1.54, 1.807) is 49.6 Å². The molecule has 3 rings (SSSR count). The number of amides is 3. The zero-order chi connectivity index (χ0) is 26.9. The maximum absolute atomic E-state index is 12.1. The lowest BCUT2D eigenvalue weighted by Crippen LogP contribution is -2.32. The highest BCUT2D eigenvalue weighted by molar-refractivity contribution is 9.11. The van der Waals surface area contributed by atoms with E-state index in [9.17, 15) is 14.4 Å². The van der Waals surface area contributed by atoms with Crippen molar-refractivity contribution in [3.63, 3.8) is 0 Å². The summed E-state index contributed by atoms with van der Waals surface area (Å²) < 4.78 is 13.8. The van der Waals surface area contributed by atoms with Gasteiger partial charge < -0.3 is 20.1 Å². The highest BCUT2D eigenvalue weighted by Gasteiger charge is 2.14. The van der Waals surface area contributed by atoms with E-state index in [1.165, 1.54) is 13.1 Å². The predicted octanol–water partition coefficient (Wildman–Crippen LogP) is 5.61. The molecule has 3 aromatic rings. The van der Waals surface area contributed by atoms with Crippen molar-refractivity contribution >= 4 is 83.1 Å². The van der Waals surface area contributed by atoms with Gasteiger partial charge in [-0.05, 0) is 92.0 Å². The lowest BCUT2D eigenvalue weighted by atomic mass is 10.1. The van der Waals surface area contributed by atoms with Crippen LogP contribution in [0.4, 0.5) is 11.4 Å². The minimum Gasteiger partial charge on any atom is -0.496 e. The first-order chi connectivity index (χ1) is 17.7. The molecule has 3 N–H and O–H groups in total. The molecular formula is C25H21Br3N4O5. The third-order valence-electron chi connectivity index (χ3n) is 4.69. The number of nitrogens with one attached hydrogen (secondary N) is 3. The van der Waals surface area contributed by atoms with E-state index in [-0.39, 0.29) is 12.5 Å². The Balaban J connectivity index is 1.60. The van der Waals surface area contributed by atoms with Crippen LogP contribution in [0.5, 0.6) is 11.5 Å². The molecule has 0 radical (unpaired) electrons. The van der Waals surface area contributed by atoms with Gasteiger partial charge in [0.25, 0.3) is 0 Å². The molecule has 3 aromatic carbocycles. The number of ether oxygens (including phenoxy) is 2. The number of benzene rings is 3. The Morgan fingerprint density at radius 3 is 2.11 bits per heavy atom. The minimum absolute atomic E-state index is 0.208. The van der Waals surface area contributed by atoms with E-state index >= 15 is 0 Å². The monoisotopic (exact) mass is 694 g/mol. The first-order valence-electron chi connectivity index (χ1n) is 10.6. The maximum atomic E-state index is 12.1. The Morgan fingerprint density at radius 2 is 1.51 bits per heavy atom. The second-order valence-corrected chi connectivity index (χ2v) is 10.1. The van der Waals surface area contributed by atoms with Gasteiger partial charge in [0.05, 0.1) is 22.3 Å². The van der Waals surface area contributed by atoms with Crippen LogP contribution in [0.25, 0.3) is 0 Å². The Kier molecular flexibility index (Phi) is 10.2. The fraction of sp³-hybridized carbons (Fsp3) is 0.120. The van der Waals surface area contributed by atoms with E-state index in [1.807, 2.05) is 12.1 Å². The number of hydrazone groups is 1. The van der Waals surface area contributed by atoms with Crippen molar-refractivity contribution in [3.8, 4) is 11.5 Å². The average Bonchev–Trinajstić information content (AvgIpc) is 2.84. The normalized spacial score (nSPS) is 10.6. The van der Waals surface area contributed by atoms with Crippen molar-refractivity contribution in [2.45, 2.75) is 13.5 Å². The third kappa shape index (κ3) is 8.41. The number of rotatable bonds is 8. The lowest BCUT2D eigenvalue weighted by Gasteiger charge is -2.13. The fourth-order valence-electron chi connectivity index (χ4n) is 3.05. The molecule has 0 aliphatic rings. The predicted molar refractivity (Wildman–Crippen MR) is 152 cm³/mol. The van der Waals surface area contributed by atoms with Gasteiger partial charge in [0, 0.05) is 28.3 Å². The standard InChI is InChI=1S/C25H21Br3N4O5/c1-14(33)30-18-4-6-19(7-5-18)31-24(34)25(35)32-29-12-15-3-8-22(36-2)16(9-15)13-37-23-20(27)10-17(26)11-21(23)28/h3-12H,13H2,1-2H3,(H,30,33)(H,31,34)(H,32,35). The number of hydrogen-bond acceptors (Lipinski definition) is 6. The molecule has 0 saturated carbocycles. The molecule has 12 heteroatoms. The number of carbonyl (C=O) groups excluding carboxylic acids is 3. The number of methoxy groups -OCH3 is 1. The van der Waals surface area contributed by atoms with Crippen LogP contribution < -0.4 is 25.5 Å². The summed E-state index contributed by atoms with van der Waals surface area (Å²) in [6.07, 6.45) is 1.40. The first-order valence-corrected chi connectivity index (χ1v) is 13.0. The summed E-state index contributed by atoms with van der Waals surface area (Å²) >= 11 is 10.4. The molecule has 192 valence electrons. The molecule has 0 aliphatic carbocycles. The molecule has 3 amide bonds. The molecule has 0 aromatic heterocycles. The van der Waals surface area contributed by atoms with Crippen molar-refractivity contribution < 1.29 is 23.9 Å². The largest absolute Gasteiger partial charge is 0.496 e. The second-order valence-electron chi connectivity index (χ2n) is 7.47. The van der Waals surface area contributed by atoms with E-state index in [0.29, 0.717) is 28.4 Å². The van der Waals surface area contributed by atoms with Gasteiger partial charge >= 0.3 is 11.8 Å². The molecule has 0 bridgehead atoms. The lowest BCUT2D eigenvalue weighted by molar-refractivity contribution is -0.136. The van der Waals surface area contributed by atoms with Crippen LogP contribution in [0.3, 0.4) is 0 Å². The summed E-state index contributed by atoms with van der Waals surface area (Å²) in [5, 5.41) is 8.94. The maximum Gasteiger partial charge on any atom is 0.329 e. The summed E-state index contributed by atoms with van der Waals surface area (Å²) in [6, 6.07) is 15.4. The van der Waals surface area contributed by atoms with Crippen molar-refractivity contribution in [2.24, 2.45) is 5.10 Å². The van der Waals surface area contributed by atoms with Crippen LogP contribution in [0, 0.1) is 0 Å². The van der Waals surface area contributed by atoms with E-state index in [2.05, 4.69) is 69.0 Å². The van der Waals surface area contributed by atoms with Gasteiger partial charge in [-0.2, -0.15) is 5.10 Å². The molecular weight excluding hydrogens is 676 g/mol. The molecule has 0 spiro atoms. The number of anilines is 2. The van der Waals surface area contributed by atoms with Crippen molar-refractivity contribution in [3.05, 3.63) is 79.1 Å². The Morgan fingerprint density at radius 1 is 0.892 bits per heavy atom. The average molecular weight is 697 g/mol. The zero-order valence-corrected chi connectivity index (χ0v) is 24.4. The molecule has 0 atom stereocenters. The van der Waals surface area contributed by atoms with Gasteiger partial charge in [0.15, 0.2) is 0 Å². The Labute approximate surface area is 238 Å². The molecule has 0 fully saturated rings. The van der Waals surface area contributed by atoms with Gasteiger partial charge in [-0.1, -0.05) is 15.9 Å². The van der Waals surface area contributed by atoms with E-state index in [4.69, 9.17) is 9.47 Å². The second kappa shape index (κ2) is 13.4. The zero-order valence-electron chi connectivity index (χ0n) is 19.6. The quantitative estimate of drug-likeness (QED) is 0.161. The van der Waals surface area contributed by atoms with E-state index in [0.717, 1.165) is 19.0 Å². The van der Waals surface area contributed by atoms with E-state index < -0.39 is 11.8 Å². The molecule has 37 heavy (non-hydrogen) atoms. The van der Waals surface area contributed by atoms with Crippen LogP contribution in [-0.2, 0) is 21.0 Å². The molecule has 0 unspecified atom stereocenters. The van der Waals surface area contributed by atoms with Gasteiger partial charge in [-0.15, -0.1) is 0 Å². The minimum atomic E-state index is -0.941. The summed E-state index contributed by atoms with van der Waals surface area (Å²) in [5.74, 6) is -0.791. The van der Waals surface area contributed by atoms with Gasteiger partial charge in [-0.25, -0.2) is 5.43 Å². The highest BCUT2D eigenvalue weighted by Crippen LogP contribution is 2.37. The van der Waals surface area contributed by atoms with Gasteiger partial charge in [-0.3, -0.25) is 14.4 Å². The van der Waals surface area contributed by atoms with Crippen LogP contribution in [0.15, 0.2) is 73.1 Å². The van der Waals surface area contributed by atoms with Crippen LogP contribution in [0.1, 0.15) is 18.1 Å². The summed E-state index contributed by atoms with van der Waals surface area (Å²) in [7, 11) is 1.56. The van der Waals surface area contributed by atoms with Gasteiger partial charge in [0.1, 0.15) is 18.1 Å². The van der Waals surface area contributed by atoms with Crippen LogP contribution >= 0.6 is 47.8 Å². The Bertz CT molecular complexity index is 1320. The topological polar surface area (TPSA) is 118 Å². The van der Waals surface area contributed by atoms with Gasteiger partial charge in [0.2, 0.25) is 5.91 Å². The molecule has 0 aliphatic heterocycles. The Hall–Kier alpha value is -3.22. The SMILES string of the molecule is COc1ccc(C=NNC(=O)C(=O)Nc2ccc(NC(C)=O)cc2)cc1COc1c(Br)cc(Br)cc1Br. The number of hydrogen-bond donors (Lipinski definition) is 3. The smallest absolute Gasteiger partial charge is 0.329 e. The van der Waals surface area contributed by atoms with Crippen molar-refractivity contribution in [2.75, 3.05) is 17.7 Å². The summed E-state index contributed by atoms with van der Waals surface area (Å²) in [5.41, 5.74) is 4.56. The summed E-state index contributed by atoms with van der Waals surface area (Å²) in [6.45, 7) is 1.60. The molecule has 0 saturated heterocycles. The number of carbonyl (C=O) groups is 3. The summed E-state index contributed by atoms with van der Waals surface area (Å²) in [4.78, 5) is 35.3. The van der Waals surface area contributed by atoms with Crippen LogP contribution in [-0.4, -0.2) is 31.0 Å². The van der Waals surface area contributed by atoms with Crippen LogP contribution in [0.2, 0.25) is 0 Å².